The number of nitrogens with zero attached hydrogens (tertiary/aromatic N) is 1. The van der Waals surface area contributed by atoms with Crippen LogP contribution in [0.4, 0.5) is 18.9 Å². The highest BCUT2D eigenvalue weighted by atomic mass is 19.4. The minimum absolute atomic E-state index is 0.0123. The lowest BCUT2D eigenvalue weighted by molar-refractivity contribution is -0.137. The quantitative estimate of drug-likeness (QED) is 0.350. The first-order valence-electron chi connectivity index (χ1n) is 10.4. The molecule has 0 unspecified atom stereocenters. The van der Waals surface area contributed by atoms with Crippen molar-refractivity contribution < 1.29 is 41.7 Å². The molecule has 0 fully saturated rings. The van der Waals surface area contributed by atoms with Crippen LogP contribution in [0, 0.1) is 6.92 Å². The molecular weight excluding hydrogens is 469 g/mol. The molecule has 3 rings (SSSR count). The van der Waals surface area contributed by atoms with Crippen molar-refractivity contribution in [2.45, 2.75) is 13.1 Å². The summed E-state index contributed by atoms with van der Waals surface area (Å²) in [5.74, 6) is -1.07. The number of halogens is 3. The fourth-order valence-corrected chi connectivity index (χ4v) is 3.14. The zero-order chi connectivity index (χ0) is 25.6. The van der Waals surface area contributed by atoms with Gasteiger partial charge in [-0.2, -0.15) is 13.2 Å². The van der Waals surface area contributed by atoms with Crippen LogP contribution in [0.25, 0.3) is 10.9 Å². The number of alkyl halides is 3. The number of amides is 1. The van der Waals surface area contributed by atoms with E-state index in [2.05, 4.69) is 10.3 Å². The number of benzene rings is 2. The van der Waals surface area contributed by atoms with E-state index in [0.717, 1.165) is 18.2 Å². The highest BCUT2D eigenvalue weighted by molar-refractivity contribution is 5.98. The van der Waals surface area contributed by atoms with Crippen LogP contribution in [0.5, 0.6) is 11.5 Å². The summed E-state index contributed by atoms with van der Waals surface area (Å²) < 4.78 is 59.9. The maximum absolute atomic E-state index is 13.1. The Labute approximate surface area is 198 Å². The van der Waals surface area contributed by atoms with Gasteiger partial charge >= 0.3 is 12.1 Å². The highest BCUT2D eigenvalue weighted by Gasteiger charge is 2.31. The number of pyridine rings is 1. The number of methoxy groups -OCH3 is 2. The summed E-state index contributed by atoms with van der Waals surface area (Å²) in [5, 5.41) is 2.93. The first-order chi connectivity index (χ1) is 16.6. The van der Waals surface area contributed by atoms with E-state index in [4.69, 9.17) is 18.9 Å². The number of rotatable bonds is 9. The Morgan fingerprint density at radius 1 is 1.03 bits per heavy atom. The highest BCUT2D eigenvalue weighted by Crippen LogP contribution is 2.35. The summed E-state index contributed by atoms with van der Waals surface area (Å²) in [6.07, 6.45) is -4.62. The van der Waals surface area contributed by atoms with Gasteiger partial charge in [-0.25, -0.2) is 4.79 Å². The molecule has 0 spiro atoms. The van der Waals surface area contributed by atoms with Crippen molar-refractivity contribution in [2.24, 2.45) is 0 Å². The summed E-state index contributed by atoms with van der Waals surface area (Å²) in [4.78, 5) is 29.3. The standard InChI is InChI=1S/C24H23F3N2O6/c1-14-18(11-15-10-17(33-3)5-6-19(15)28-14)23(31)35-13-22(30)29-20-12-16(24(25,26)27)4-7-21(20)34-9-8-32-2/h4-7,10-12H,8-9,13H2,1-3H3,(H,29,30). The number of fused-ring (bicyclic) bond motifs is 1. The molecule has 0 saturated carbocycles. The minimum Gasteiger partial charge on any atom is -0.497 e. The summed E-state index contributed by atoms with van der Waals surface area (Å²) >= 11 is 0. The Morgan fingerprint density at radius 3 is 2.49 bits per heavy atom. The number of anilines is 1. The topological polar surface area (TPSA) is 96.0 Å². The number of carbonyl (C=O) groups excluding carboxylic acids is 2. The third-order valence-corrected chi connectivity index (χ3v) is 4.89. The van der Waals surface area contributed by atoms with Crippen molar-refractivity contribution in [1.29, 1.82) is 0 Å². The zero-order valence-electron chi connectivity index (χ0n) is 19.2. The van der Waals surface area contributed by atoms with Gasteiger partial charge < -0.3 is 24.3 Å². The minimum atomic E-state index is -4.62. The predicted octanol–water partition coefficient (Wildman–Crippen LogP) is 4.39. The van der Waals surface area contributed by atoms with Gasteiger partial charge in [0.25, 0.3) is 5.91 Å². The molecule has 0 aliphatic rings. The van der Waals surface area contributed by atoms with Crippen LogP contribution in [-0.4, -0.2) is 50.9 Å². The maximum atomic E-state index is 13.1. The van der Waals surface area contributed by atoms with Gasteiger partial charge in [0.05, 0.1) is 41.7 Å². The average Bonchev–Trinajstić information content (AvgIpc) is 2.82. The molecule has 0 atom stereocenters. The molecular formula is C24H23F3N2O6. The van der Waals surface area contributed by atoms with E-state index in [1.165, 1.54) is 14.2 Å². The van der Waals surface area contributed by atoms with E-state index in [1.54, 1.807) is 31.2 Å². The monoisotopic (exact) mass is 492 g/mol. The number of esters is 1. The van der Waals surface area contributed by atoms with Crippen LogP contribution in [0.15, 0.2) is 42.5 Å². The van der Waals surface area contributed by atoms with Crippen LogP contribution in [0.3, 0.4) is 0 Å². The molecule has 35 heavy (non-hydrogen) atoms. The van der Waals surface area contributed by atoms with E-state index < -0.39 is 30.2 Å². The zero-order valence-corrected chi connectivity index (χ0v) is 19.2. The number of aromatic nitrogens is 1. The number of hydrogen-bond donors (Lipinski definition) is 1. The number of aryl methyl sites for hydroxylation is 1. The fourth-order valence-electron chi connectivity index (χ4n) is 3.14. The molecule has 186 valence electrons. The first-order valence-corrected chi connectivity index (χ1v) is 10.4. The Hall–Kier alpha value is -3.86. The van der Waals surface area contributed by atoms with Crippen LogP contribution < -0.4 is 14.8 Å². The SMILES string of the molecule is COCCOc1ccc(C(F)(F)F)cc1NC(=O)COC(=O)c1cc2cc(OC)ccc2nc1C. The lowest BCUT2D eigenvalue weighted by Crippen LogP contribution is -2.22. The Morgan fingerprint density at radius 2 is 1.80 bits per heavy atom. The second-order valence-electron chi connectivity index (χ2n) is 7.35. The van der Waals surface area contributed by atoms with Gasteiger partial charge in [0.2, 0.25) is 0 Å². The number of ether oxygens (including phenoxy) is 4. The third kappa shape index (κ3) is 6.60. The molecule has 0 aliphatic carbocycles. The van der Waals surface area contributed by atoms with Gasteiger partial charge in [-0.3, -0.25) is 9.78 Å². The van der Waals surface area contributed by atoms with Gasteiger partial charge in [0.1, 0.15) is 18.1 Å². The van der Waals surface area contributed by atoms with E-state index >= 15 is 0 Å². The molecule has 0 aliphatic heterocycles. The molecule has 0 saturated heterocycles. The second-order valence-corrected chi connectivity index (χ2v) is 7.35. The summed E-state index contributed by atoms with van der Waals surface area (Å²) in [6, 6.07) is 9.41. The van der Waals surface area contributed by atoms with Gasteiger partial charge in [-0.15, -0.1) is 0 Å². The van der Waals surface area contributed by atoms with Crippen LogP contribution in [0.1, 0.15) is 21.6 Å². The van der Waals surface area contributed by atoms with Crippen molar-refractivity contribution >= 4 is 28.5 Å². The third-order valence-electron chi connectivity index (χ3n) is 4.89. The smallest absolute Gasteiger partial charge is 0.416 e. The Balaban J connectivity index is 1.72. The molecule has 11 heteroatoms. The van der Waals surface area contributed by atoms with Gasteiger partial charge in [-0.05, 0) is 49.4 Å². The molecule has 1 N–H and O–H groups in total. The van der Waals surface area contributed by atoms with Crippen molar-refractivity contribution in [1.82, 2.24) is 4.98 Å². The Bertz CT molecular complexity index is 1230. The van der Waals surface area contributed by atoms with Crippen LogP contribution in [-0.2, 0) is 20.4 Å². The first kappa shape index (κ1) is 25.8. The normalized spacial score (nSPS) is 11.3. The second kappa shape index (κ2) is 11.0. The van der Waals surface area contributed by atoms with E-state index in [0.29, 0.717) is 22.3 Å². The fraction of sp³-hybridized carbons (Fsp3) is 0.292. The molecule has 2 aromatic carbocycles. The van der Waals surface area contributed by atoms with E-state index in [-0.39, 0.29) is 30.2 Å². The lowest BCUT2D eigenvalue weighted by Gasteiger charge is -2.15. The van der Waals surface area contributed by atoms with Crippen LogP contribution in [0.2, 0.25) is 0 Å². The average molecular weight is 492 g/mol. The molecule has 3 aromatic rings. The van der Waals surface area contributed by atoms with Crippen molar-refractivity contribution in [3.05, 3.63) is 59.3 Å². The molecule has 1 amide bonds. The molecule has 0 radical (unpaired) electrons. The molecule has 8 nitrogen and oxygen atoms in total. The van der Waals surface area contributed by atoms with Crippen molar-refractivity contribution in [3.63, 3.8) is 0 Å². The molecule has 0 bridgehead atoms. The van der Waals surface area contributed by atoms with E-state index in [9.17, 15) is 22.8 Å². The van der Waals surface area contributed by atoms with Gasteiger partial charge in [-0.1, -0.05) is 0 Å². The Kier molecular flexibility index (Phi) is 8.13. The number of carbonyl (C=O) groups is 2. The summed E-state index contributed by atoms with van der Waals surface area (Å²) in [6.45, 7) is 1.13. The van der Waals surface area contributed by atoms with Crippen LogP contribution >= 0.6 is 0 Å². The van der Waals surface area contributed by atoms with Crippen molar-refractivity contribution in [3.8, 4) is 11.5 Å². The summed E-state index contributed by atoms with van der Waals surface area (Å²) in [5.41, 5.74) is -0.0195. The van der Waals surface area contributed by atoms with Crippen molar-refractivity contribution in [2.75, 3.05) is 39.4 Å². The number of nitrogens with one attached hydrogen (secondary N) is 1. The van der Waals surface area contributed by atoms with Gasteiger partial charge in [0, 0.05) is 12.5 Å². The summed E-state index contributed by atoms with van der Waals surface area (Å²) in [7, 11) is 2.95. The van der Waals surface area contributed by atoms with E-state index in [1.807, 2.05) is 0 Å². The van der Waals surface area contributed by atoms with Gasteiger partial charge in [0.15, 0.2) is 6.61 Å². The number of hydrogen-bond acceptors (Lipinski definition) is 7. The molecule has 1 heterocycles. The molecule has 1 aromatic heterocycles. The predicted molar refractivity (Wildman–Crippen MR) is 121 cm³/mol. The lowest BCUT2D eigenvalue weighted by atomic mass is 10.1. The largest absolute Gasteiger partial charge is 0.497 e. The maximum Gasteiger partial charge on any atom is 0.416 e.